The lowest BCUT2D eigenvalue weighted by Crippen LogP contribution is -2.54. The summed E-state index contributed by atoms with van der Waals surface area (Å²) in [6, 6.07) is 4.94. The molecule has 158 valence electrons. The second-order valence-electron chi connectivity index (χ2n) is 7.62. The molecule has 1 aromatic heterocycles. The van der Waals surface area contributed by atoms with Gasteiger partial charge in [0.2, 0.25) is 5.82 Å². The highest BCUT2D eigenvalue weighted by molar-refractivity contribution is 6.08. The highest BCUT2D eigenvalue weighted by Gasteiger charge is 2.55. The molecule has 1 saturated carbocycles. The molecule has 1 aromatic carbocycles. The number of hydrogen-bond donors (Lipinski definition) is 1. The van der Waals surface area contributed by atoms with Crippen LogP contribution in [0.3, 0.4) is 0 Å². The maximum atomic E-state index is 13.0. The summed E-state index contributed by atoms with van der Waals surface area (Å²) in [6.45, 7) is 1.14. The number of aromatic nitrogens is 2. The molecule has 2 fully saturated rings. The first kappa shape index (κ1) is 20.0. The normalized spacial score (nSPS) is 23.7. The van der Waals surface area contributed by atoms with Gasteiger partial charge in [-0.1, -0.05) is 24.9 Å². The average molecular weight is 416 g/mol. The first-order valence-corrected chi connectivity index (χ1v) is 9.77. The standard InChI is InChI=1S/C20H21FN4O5/c1-12-4-2-3-9-20(12)18(27)25(19(28)23-20)10-16(26)29-11-15-22-17(24-30-15)13-5-7-14(21)8-6-13/h5-8,12H,2-4,9-11H2,1H3,(H,23,28)/t12-,20-/m1/s1. The van der Waals surface area contributed by atoms with E-state index in [0.717, 1.165) is 24.2 Å². The van der Waals surface area contributed by atoms with Crippen molar-refractivity contribution in [2.45, 2.75) is 44.8 Å². The van der Waals surface area contributed by atoms with Crippen LogP contribution in [0.15, 0.2) is 28.8 Å². The predicted octanol–water partition coefficient (Wildman–Crippen LogP) is 2.42. The topological polar surface area (TPSA) is 115 Å². The molecule has 0 unspecified atom stereocenters. The van der Waals surface area contributed by atoms with Crippen molar-refractivity contribution in [2.24, 2.45) is 5.92 Å². The number of amides is 3. The van der Waals surface area contributed by atoms with E-state index < -0.39 is 24.1 Å². The van der Waals surface area contributed by atoms with Crippen molar-refractivity contribution in [3.05, 3.63) is 36.0 Å². The largest absolute Gasteiger partial charge is 0.454 e. The fourth-order valence-corrected chi connectivity index (χ4v) is 3.99. The van der Waals surface area contributed by atoms with Gasteiger partial charge in [0.1, 0.15) is 17.9 Å². The summed E-state index contributed by atoms with van der Waals surface area (Å²) in [6.07, 6.45) is 3.27. The molecule has 4 rings (SSSR count). The zero-order valence-electron chi connectivity index (χ0n) is 16.4. The summed E-state index contributed by atoms with van der Waals surface area (Å²) in [5.41, 5.74) is -0.379. The van der Waals surface area contributed by atoms with Gasteiger partial charge in [-0.2, -0.15) is 4.98 Å². The maximum absolute atomic E-state index is 13.0. The molecule has 9 nitrogen and oxygen atoms in total. The van der Waals surface area contributed by atoms with Crippen molar-refractivity contribution in [3.8, 4) is 11.4 Å². The number of imide groups is 1. The third-order valence-electron chi connectivity index (χ3n) is 5.72. The first-order valence-electron chi connectivity index (χ1n) is 9.77. The van der Waals surface area contributed by atoms with Gasteiger partial charge in [0.15, 0.2) is 6.61 Å². The van der Waals surface area contributed by atoms with Crippen molar-refractivity contribution in [1.29, 1.82) is 0 Å². The lowest BCUT2D eigenvalue weighted by molar-refractivity contribution is -0.150. The van der Waals surface area contributed by atoms with Crippen LogP contribution in [0, 0.1) is 11.7 Å². The summed E-state index contributed by atoms with van der Waals surface area (Å²) in [5.74, 6) is -1.26. The number of ether oxygens (including phenoxy) is 1. The third kappa shape index (κ3) is 3.64. The molecule has 2 aliphatic rings. The Morgan fingerprint density at radius 3 is 2.83 bits per heavy atom. The molecule has 2 atom stereocenters. The molecule has 1 aliphatic carbocycles. The van der Waals surface area contributed by atoms with Gasteiger partial charge in [0.25, 0.3) is 11.8 Å². The molecular formula is C20H21FN4O5. The zero-order chi connectivity index (χ0) is 21.3. The van der Waals surface area contributed by atoms with Crippen molar-refractivity contribution >= 4 is 17.9 Å². The van der Waals surface area contributed by atoms with E-state index in [1.807, 2.05) is 6.92 Å². The van der Waals surface area contributed by atoms with Crippen molar-refractivity contribution in [2.75, 3.05) is 6.54 Å². The minimum atomic E-state index is -0.924. The smallest absolute Gasteiger partial charge is 0.326 e. The highest BCUT2D eigenvalue weighted by atomic mass is 19.1. The Morgan fingerprint density at radius 1 is 1.33 bits per heavy atom. The third-order valence-corrected chi connectivity index (χ3v) is 5.72. The molecule has 1 saturated heterocycles. The summed E-state index contributed by atoms with van der Waals surface area (Å²) >= 11 is 0. The monoisotopic (exact) mass is 416 g/mol. The number of rotatable bonds is 5. The fourth-order valence-electron chi connectivity index (χ4n) is 3.99. The second-order valence-corrected chi connectivity index (χ2v) is 7.62. The number of carbonyl (C=O) groups is 3. The minimum Gasteiger partial charge on any atom is -0.454 e. The van der Waals surface area contributed by atoms with E-state index in [1.165, 1.54) is 24.3 Å². The molecule has 0 radical (unpaired) electrons. The molecule has 3 amide bonds. The predicted molar refractivity (Wildman–Crippen MR) is 100 cm³/mol. The van der Waals surface area contributed by atoms with Crippen molar-refractivity contribution in [1.82, 2.24) is 20.4 Å². The van der Waals surface area contributed by atoms with Crippen LogP contribution < -0.4 is 5.32 Å². The van der Waals surface area contributed by atoms with Gasteiger partial charge in [0.05, 0.1) is 0 Å². The molecule has 1 aliphatic heterocycles. The summed E-state index contributed by atoms with van der Waals surface area (Å²) < 4.78 is 23.1. The van der Waals surface area contributed by atoms with Gasteiger partial charge >= 0.3 is 12.0 Å². The Morgan fingerprint density at radius 2 is 2.10 bits per heavy atom. The Balaban J connectivity index is 1.35. The Kier molecular flexibility index (Phi) is 5.23. The van der Waals surface area contributed by atoms with Crippen LogP contribution in [-0.2, 0) is 20.9 Å². The van der Waals surface area contributed by atoms with E-state index in [4.69, 9.17) is 9.26 Å². The molecule has 1 N–H and O–H groups in total. The number of nitrogens with one attached hydrogen (secondary N) is 1. The number of halogens is 1. The zero-order valence-corrected chi connectivity index (χ0v) is 16.4. The molecule has 1 spiro atoms. The summed E-state index contributed by atoms with van der Waals surface area (Å²) in [7, 11) is 0. The van der Waals surface area contributed by atoms with Crippen molar-refractivity contribution < 1.29 is 28.0 Å². The van der Waals surface area contributed by atoms with Gasteiger partial charge in [-0.15, -0.1) is 0 Å². The van der Waals surface area contributed by atoms with Crippen LogP contribution in [-0.4, -0.2) is 45.0 Å². The number of benzene rings is 1. The number of carbonyl (C=O) groups excluding carboxylic acids is 3. The summed E-state index contributed by atoms with van der Waals surface area (Å²) in [5, 5.41) is 6.54. The molecule has 2 heterocycles. The Bertz CT molecular complexity index is 976. The number of urea groups is 1. The number of esters is 1. The van der Waals surface area contributed by atoms with Gasteiger partial charge in [-0.3, -0.25) is 14.5 Å². The second kappa shape index (κ2) is 7.85. The van der Waals surface area contributed by atoms with Crippen LogP contribution in [0.2, 0.25) is 0 Å². The van der Waals surface area contributed by atoms with Gasteiger partial charge in [-0.25, -0.2) is 9.18 Å². The quantitative estimate of drug-likeness (QED) is 0.588. The number of nitrogens with zero attached hydrogens (tertiary/aromatic N) is 3. The molecule has 2 aromatic rings. The minimum absolute atomic E-state index is 0.00648. The lowest BCUT2D eigenvalue weighted by Gasteiger charge is -2.36. The molecule has 10 heteroatoms. The van der Waals surface area contributed by atoms with E-state index >= 15 is 0 Å². The molecule has 0 bridgehead atoms. The Hall–Kier alpha value is -3.30. The van der Waals surface area contributed by atoms with Gasteiger partial charge in [0, 0.05) is 5.56 Å². The van der Waals surface area contributed by atoms with E-state index in [2.05, 4.69) is 15.5 Å². The summed E-state index contributed by atoms with van der Waals surface area (Å²) in [4.78, 5) is 42.4. The molecule has 30 heavy (non-hydrogen) atoms. The van der Waals surface area contributed by atoms with Gasteiger partial charge in [-0.05, 0) is 43.0 Å². The van der Waals surface area contributed by atoms with Crippen LogP contribution in [0.5, 0.6) is 0 Å². The highest BCUT2D eigenvalue weighted by Crippen LogP contribution is 2.38. The lowest BCUT2D eigenvalue weighted by atomic mass is 9.73. The van der Waals surface area contributed by atoms with Crippen LogP contribution in [0.4, 0.5) is 9.18 Å². The van der Waals surface area contributed by atoms with E-state index in [1.54, 1.807) is 0 Å². The van der Waals surface area contributed by atoms with Gasteiger partial charge < -0.3 is 14.6 Å². The molecular weight excluding hydrogens is 395 g/mol. The SMILES string of the molecule is C[C@@H]1CCCC[C@@]12NC(=O)N(CC(=O)OCc1nc(-c3ccc(F)cc3)no1)C2=O. The van der Waals surface area contributed by atoms with E-state index in [-0.39, 0.29) is 36.0 Å². The Labute approximate surface area is 171 Å². The van der Waals surface area contributed by atoms with Crippen LogP contribution in [0.25, 0.3) is 11.4 Å². The van der Waals surface area contributed by atoms with Crippen molar-refractivity contribution in [3.63, 3.8) is 0 Å². The van der Waals surface area contributed by atoms with Crippen LogP contribution in [0.1, 0.15) is 38.5 Å². The van der Waals surface area contributed by atoms with E-state index in [9.17, 15) is 18.8 Å². The average Bonchev–Trinajstić information content (AvgIpc) is 3.29. The van der Waals surface area contributed by atoms with Crippen LogP contribution >= 0.6 is 0 Å². The number of hydrogen-bond acceptors (Lipinski definition) is 7. The first-order chi connectivity index (χ1) is 14.4. The van der Waals surface area contributed by atoms with E-state index in [0.29, 0.717) is 12.0 Å². The fraction of sp³-hybridized carbons (Fsp3) is 0.450. The maximum Gasteiger partial charge on any atom is 0.326 e.